The lowest BCUT2D eigenvalue weighted by molar-refractivity contribution is 0.0923. The number of rotatable bonds is 5. The average Bonchev–Trinajstić information content (AvgIpc) is 2.83. The Bertz CT molecular complexity index is 683. The molecule has 0 saturated heterocycles. The molecule has 1 aliphatic rings. The van der Waals surface area contributed by atoms with E-state index in [1.807, 2.05) is 0 Å². The fourth-order valence-corrected chi connectivity index (χ4v) is 2.90. The molecule has 2 aromatic heterocycles. The van der Waals surface area contributed by atoms with E-state index < -0.39 is 0 Å². The summed E-state index contributed by atoms with van der Waals surface area (Å²) in [7, 11) is 0. The summed E-state index contributed by atoms with van der Waals surface area (Å²) in [6.45, 7) is 6.85. The van der Waals surface area contributed by atoms with Crippen LogP contribution in [0.25, 0.3) is 0 Å². The normalized spacial score (nSPS) is 15.6. The van der Waals surface area contributed by atoms with Crippen molar-refractivity contribution in [2.75, 3.05) is 13.1 Å². The van der Waals surface area contributed by atoms with Gasteiger partial charge in [0.05, 0.1) is 12.2 Å². The highest BCUT2D eigenvalue weighted by atomic mass is 16.2. The van der Waals surface area contributed by atoms with Gasteiger partial charge < -0.3 is 15.2 Å². The Morgan fingerprint density at radius 1 is 1.33 bits per heavy atom. The Balaban J connectivity index is 1.84. The minimum absolute atomic E-state index is 0.196. The van der Waals surface area contributed by atoms with E-state index in [4.69, 9.17) is 0 Å². The Labute approximate surface area is 141 Å². The predicted molar refractivity (Wildman–Crippen MR) is 88.3 cm³/mol. The minimum atomic E-state index is -0.238. The number of fused-ring (bicyclic) bond motifs is 1. The van der Waals surface area contributed by atoms with Crippen molar-refractivity contribution in [2.45, 2.75) is 39.3 Å². The molecule has 2 N–H and O–H groups in total. The zero-order valence-corrected chi connectivity index (χ0v) is 14.1. The summed E-state index contributed by atoms with van der Waals surface area (Å²) in [5, 5.41) is 15.1. The maximum atomic E-state index is 12.5. The second-order valence-corrected chi connectivity index (χ2v) is 6.37. The molecule has 1 atom stereocenters. The van der Waals surface area contributed by atoms with Crippen molar-refractivity contribution in [3.63, 3.8) is 0 Å². The summed E-state index contributed by atoms with van der Waals surface area (Å²) in [5.74, 6) is 1.96. The highest BCUT2D eigenvalue weighted by Gasteiger charge is 2.25. The van der Waals surface area contributed by atoms with E-state index in [-0.39, 0.29) is 11.9 Å². The Hall–Kier alpha value is -2.35. The number of hydrogen-bond donors (Lipinski definition) is 2. The van der Waals surface area contributed by atoms with Crippen LogP contribution >= 0.6 is 0 Å². The first-order chi connectivity index (χ1) is 11.6. The highest BCUT2D eigenvalue weighted by molar-refractivity contribution is 5.92. The summed E-state index contributed by atoms with van der Waals surface area (Å²) in [4.78, 5) is 20.5. The van der Waals surface area contributed by atoms with Crippen molar-refractivity contribution < 1.29 is 4.79 Å². The predicted octanol–water partition coefficient (Wildman–Crippen LogP) is 0.731. The van der Waals surface area contributed by atoms with Crippen LogP contribution in [0.1, 0.15) is 48.4 Å². The third-order valence-electron chi connectivity index (χ3n) is 4.01. The van der Waals surface area contributed by atoms with Crippen molar-refractivity contribution in [1.29, 1.82) is 0 Å². The molecular weight excluding hydrogens is 306 g/mol. The molecule has 1 aliphatic heterocycles. The van der Waals surface area contributed by atoms with Gasteiger partial charge in [0, 0.05) is 38.4 Å². The van der Waals surface area contributed by atoms with Gasteiger partial charge in [-0.2, -0.15) is 0 Å². The molecule has 24 heavy (non-hydrogen) atoms. The topological polar surface area (TPSA) is 97.6 Å². The molecule has 1 unspecified atom stereocenters. The van der Waals surface area contributed by atoms with E-state index in [1.165, 1.54) is 12.4 Å². The lowest BCUT2D eigenvalue weighted by atomic mass is 10.0. The number of carbonyl (C=O) groups is 1. The number of aromatic nitrogens is 5. The summed E-state index contributed by atoms with van der Waals surface area (Å²) < 4.78 is 2.13. The van der Waals surface area contributed by atoms with Crippen molar-refractivity contribution in [3.8, 4) is 0 Å². The molecule has 128 valence electrons. The molecule has 3 rings (SSSR count). The van der Waals surface area contributed by atoms with Crippen LogP contribution in [-0.2, 0) is 13.0 Å². The van der Waals surface area contributed by atoms with Crippen molar-refractivity contribution >= 4 is 5.91 Å². The van der Waals surface area contributed by atoms with Crippen LogP contribution in [0.3, 0.4) is 0 Å². The van der Waals surface area contributed by atoms with Crippen LogP contribution in [0.15, 0.2) is 18.6 Å². The second kappa shape index (κ2) is 7.48. The van der Waals surface area contributed by atoms with E-state index in [9.17, 15) is 4.79 Å². The zero-order chi connectivity index (χ0) is 16.9. The average molecular weight is 329 g/mol. The third-order valence-corrected chi connectivity index (χ3v) is 4.01. The molecule has 0 spiro atoms. The number of nitrogens with one attached hydrogen (secondary N) is 2. The first-order valence-corrected chi connectivity index (χ1v) is 8.34. The molecule has 0 bridgehead atoms. The van der Waals surface area contributed by atoms with Crippen LogP contribution in [0.5, 0.6) is 0 Å². The van der Waals surface area contributed by atoms with Crippen LogP contribution in [-0.4, -0.2) is 43.7 Å². The number of nitrogens with zero attached hydrogens (tertiary/aromatic N) is 5. The highest BCUT2D eigenvalue weighted by Crippen LogP contribution is 2.22. The molecule has 0 saturated carbocycles. The number of amides is 1. The van der Waals surface area contributed by atoms with Crippen molar-refractivity contribution in [2.24, 2.45) is 5.92 Å². The zero-order valence-electron chi connectivity index (χ0n) is 14.1. The van der Waals surface area contributed by atoms with Gasteiger partial charge in [0.2, 0.25) is 0 Å². The van der Waals surface area contributed by atoms with Gasteiger partial charge in [0.1, 0.15) is 11.5 Å². The van der Waals surface area contributed by atoms with Gasteiger partial charge >= 0.3 is 0 Å². The van der Waals surface area contributed by atoms with Gasteiger partial charge in [-0.3, -0.25) is 9.78 Å². The first-order valence-electron chi connectivity index (χ1n) is 8.34. The van der Waals surface area contributed by atoms with Crippen LogP contribution < -0.4 is 10.6 Å². The second-order valence-electron chi connectivity index (χ2n) is 6.37. The quantitative estimate of drug-likeness (QED) is 0.839. The molecule has 0 aliphatic carbocycles. The Morgan fingerprint density at radius 3 is 2.96 bits per heavy atom. The molecule has 3 heterocycles. The number of hydrogen-bond acceptors (Lipinski definition) is 6. The summed E-state index contributed by atoms with van der Waals surface area (Å²) >= 11 is 0. The third kappa shape index (κ3) is 3.76. The number of carbonyl (C=O) groups excluding carboxylic acids is 1. The molecular formula is C16H23N7O. The maximum Gasteiger partial charge on any atom is 0.272 e. The lowest BCUT2D eigenvalue weighted by Gasteiger charge is -2.20. The molecule has 0 fully saturated rings. The van der Waals surface area contributed by atoms with E-state index >= 15 is 0 Å². The fraction of sp³-hybridized carbons (Fsp3) is 0.562. The summed E-state index contributed by atoms with van der Waals surface area (Å²) in [6.07, 6.45) is 6.17. The van der Waals surface area contributed by atoms with Gasteiger partial charge in [-0.05, 0) is 12.3 Å². The molecule has 8 nitrogen and oxygen atoms in total. The van der Waals surface area contributed by atoms with Crippen molar-refractivity contribution in [1.82, 2.24) is 35.4 Å². The summed E-state index contributed by atoms with van der Waals surface area (Å²) in [5.41, 5.74) is 0.309. The molecule has 0 aromatic carbocycles. The molecule has 0 radical (unpaired) electrons. The standard InChI is InChI=1S/C16H23N7O/c1-11(2)9-12(20-16(24)13-10-18-5-6-19-13)15-22-21-14-3-4-17-7-8-23(14)15/h5-6,10-12,17H,3-4,7-9H2,1-2H3,(H,20,24). The van der Waals surface area contributed by atoms with E-state index in [1.54, 1.807) is 6.20 Å². The molecule has 8 heteroatoms. The van der Waals surface area contributed by atoms with Gasteiger partial charge in [-0.1, -0.05) is 13.8 Å². The summed E-state index contributed by atoms with van der Waals surface area (Å²) in [6, 6.07) is -0.196. The van der Waals surface area contributed by atoms with Crippen LogP contribution in [0, 0.1) is 5.92 Å². The van der Waals surface area contributed by atoms with E-state index in [0.29, 0.717) is 11.6 Å². The van der Waals surface area contributed by atoms with Crippen LogP contribution in [0.4, 0.5) is 0 Å². The van der Waals surface area contributed by atoms with E-state index in [2.05, 4.69) is 49.2 Å². The molecule has 2 aromatic rings. The van der Waals surface area contributed by atoms with Crippen molar-refractivity contribution in [3.05, 3.63) is 35.9 Å². The minimum Gasteiger partial charge on any atom is -0.341 e. The first kappa shape index (κ1) is 16.5. The van der Waals surface area contributed by atoms with Gasteiger partial charge in [0.15, 0.2) is 5.82 Å². The molecule has 1 amide bonds. The van der Waals surface area contributed by atoms with Crippen LogP contribution in [0.2, 0.25) is 0 Å². The maximum absolute atomic E-state index is 12.5. The fourth-order valence-electron chi connectivity index (χ4n) is 2.90. The van der Waals surface area contributed by atoms with E-state index in [0.717, 1.165) is 44.1 Å². The van der Waals surface area contributed by atoms with Gasteiger partial charge in [-0.25, -0.2) is 4.98 Å². The Morgan fingerprint density at radius 2 is 2.21 bits per heavy atom. The lowest BCUT2D eigenvalue weighted by Crippen LogP contribution is -2.32. The van der Waals surface area contributed by atoms with Gasteiger partial charge in [0.25, 0.3) is 5.91 Å². The SMILES string of the molecule is CC(C)CC(NC(=O)c1cnccn1)c1nnc2n1CCNCC2. The monoisotopic (exact) mass is 329 g/mol. The van der Waals surface area contributed by atoms with Gasteiger partial charge in [-0.15, -0.1) is 10.2 Å². The Kier molecular flexibility index (Phi) is 5.14. The smallest absolute Gasteiger partial charge is 0.272 e. The largest absolute Gasteiger partial charge is 0.341 e.